The van der Waals surface area contributed by atoms with Crippen molar-refractivity contribution in [3.8, 4) is 0 Å². The van der Waals surface area contributed by atoms with Crippen LogP contribution in [0.3, 0.4) is 0 Å². The molecule has 2 rings (SSSR count). The molecule has 0 radical (unpaired) electrons. The van der Waals surface area contributed by atoms with Gasteiger partial charge in [-0.2, -0.15) is 0 Å². The summed E-state index contributed by atoms with van der Waals surface area (Å²) in [7, 11) is 1.81. The second kappa shape index (κ2) is 6.38. The van der Waals surface area contributed by atoms with Crippen molar-refractivity contribution in [2.45, 2.75) is 19.3 Å². The molecular weight excluding hydrogens is 229 g/mol. The minimum absolute atomic E-state index is 0.170. The number of hydrogen-bond acceptors (Lipinski definition) is 1. The van der Waals surface area contributed by atoms with E-state index in [1.807, 2.05) is 13.1 Å². The average Bonchev–Trinajstić information content (AvgIpc) is 2.88. The van der Waals surface area contributed by atoms with Crippen LogP contribution in [-0.2, 0) is 6.42 Å². The third-order valence-electron chi connectivity index (χ3n) is 3.20. The average molecular weight is 249 g/mol. The van der Waals surface area contributed by atoms with Crippen LogP contribution in [0.25, 0.3) is 0 Å². The van der Waals surface area contributed by atoms with Gasteiger partial charge >= 0.3 is 0 Å². The van der Waals surface area contributed by atoms with Gasteiger partial charge < -0.3 is 10.2 Å². The van der Waals surface area contributed by atoms with Gasteiger partial charge in [-0.3, -0.25) is 4.99 Å². The Balaban J connectivity index is 1.80. The van der Waals surface area contributed by atoms with Gasteiger partial charge in [0.15, 0.2) is 5.96 Å². The van der Waals surface area contributed by atoms with Gasteiger partial charge in [0.1, 0.15) is 5.82 Å². The monoisotopic (exact) mass is 249 g/mol. The molecule has 0 atom stereocenters. The van der Waals surface area contributed by atoms with Crippen LogP contribution in [0.4, 0.5) is 4.39 Å². The molecule has 3 nitrogen and oxygen atoms in total. The molecule has 98 valence electrons. The highest BCUT2D eigenvalue weighted by molar-refractivity contribution is 5.80. The molecule has 1 saturated heterocycles. The number of nitrogens with zero attached hydrogens (tertiary/aromatic N) is 2. The van der Waals surface area contributed by atoms with E-state index in [1.165, 1.54) is 18.9 Å². The largest absolute Gasteiger partial charge is 0.356 e. The van der Waals surface area contributed by atoms with E-state index >= 15 is 0 Å². The summed E-state index contributed by atoms with van der Waals surface area (Å²) in [5.41, 5.74) is 1.01. The van der Waals surface area contributed by atoms with Crippen LogP contribution in [0.5, 0.6) is 0 Å². The Morgan fingerprint density at radius 3 is 2.83 bits per heavy atom. The van der Waals surface area contributed by atoms with Crippen LogP contribution in [-0.4, -0.2) is 37.5 Å². The summed E-state index contributed by atoms with van der Waals surface area (Å²) in [6.45, 7) is 2.95. The van der Waals surface area contributed by atoms with E-state index in [-0.39, 0.29) is 5.82 Å². The first kappa shape index (κ1) is 12.9. The Bertz CT molecular complexity index is 411. The van der Waals surface area contributed by atoms with Gasteiger partial charge in [-0.25, -0.2) is 4.39 Å². The lowest BCUT2D eigenvalue weighted by atomic mass is 10.1. The van der Waals surface area contributed by atoms with Gasteiger partial charge in [0.2, 0.25) is 0 Å². The van der Waals surface area contributed by atoms with Gasteiger partial charge in [0, 0.05) is 26.7 Å². The molecule has 0 amide bonds. The first-order valence-corrected chi connectivity index (χ1v) is 6.49. The Kier molecular flexibility index (Phi) is 4.56. The maximum absolute atomic E-state index is 13.0. The second-order valence-electron chi connectivity index (χ2n) is 4.55. The molecule has 1 aliphatic heterocycles. The molecule has 1 aliphatic rings. The van der Waals surface area contributed by atoms with Crippen LogP contribution in [0, 0.1) is 5.82 Å². The molecule has 1 heterocycles. The lowest BCUT2D eigenvalue weighted by molar-refractivity contribution is 0.494. The molecule has 1 fully saturated rings. The third-order valence-corrected chi connectivity index (χ3v) is 3.20. The van der Waals surface area contributed by atoms with Crippen molar-refractivity contribution in [1.82, 2.24) is 10.2 Å². The minimum atomic E-state index is -0.170. The first-order chi connectivity index (χ1) is 8.79. The van der Waals surface area contributed by atoms with E-state index in [2.05, 4.69) is 15.2 Å². The summed E-state index contributed by atoms with van der Waals surface area (Å²) in [5.74, 6) is 0.792. The van der Waals surface area contributed by atoms with E-state index in [9.17, 15) is 4.39 Å². The Labute approximate surface area is 108 Å². The van der Waals surface area contributed by atoms with Gasteiger partial charge in [-0.15, -0.1) is 0 Å². The summed E-state index contributed by atoms with van der Waals surface area (Å²) >= 11 is 0. The highest BCUT2D eigenvalue weighted by Crippen LogP contribution is 2.07. The Morgan fingerprint density at radius 1 is 1.39 bits per heavy atom. The third kappa shape index (κ3) is 3.45. The van der Waals surface area contributed by atoms with E-state index in [4.69, 9.17) is 0 Å². The maximum Gasteiger partial charge on any atom is 0.193 e. The van der Waals surface area contributed by atoms with Gasteiger partial charge in [-0.1, -0.05) is 12.1 Å². The predicted molar refractivity (Wildman–Crippen MR) is 72.3 cm³/mol. The fraction of sp³-hybridized carbons (Fsp3) is 0.500. The lowest BCUT2D eigenvalue weighted by Gasteiger charge is -2.20. The first-order valence-electron chi connectivity index (χ1n) is 6.49. The summed E-state index contributed by atoms with van der Waals surface area (Å²) in [6.07, 6.45) is 3.29. The zero-order valence-corrected chi connectivity index (χ0v) is 10.8. The normalized spacial score (nSPS) is 16.1. The van der Waals surface area contributed by atoms with Crippen molar-refractivity contribution in [1.29, 1.82) is 0 Å². The quantitative estimate of drug-likeness (QED) is 0.656. The van der Waals surface area contributed by atoms with Crippen molar-refractivity contribution in [2.24, 2.45) is 4.99 Å². The van der Waals surface area contributed by atoms with Crippen molar-refractivity contribution in [2.75, 3.05) is 26.7 Å². The summed E-state index contributed by atoms with van der Waals surface area (Å²) in [5, 5.41) is 3.33. The van der Waals surface area contributed by atoms with E-state index in [1.54, 1.807) is 12.1 Å². The van der Waals surface area contributed by atoms with Crippen LogP contribution >= 0.6 is 0 Å². The Morgan fingerprint density at radius 2 is 2.17 bits per heavy atom. The molecule has 0 bridgehead atoms. The molecule has 18 heavy (non-hydrogen) atoms. The summed E-state index contributed by atoms with van der Waals surface area (Å²) < 4.78 is 13.0. The number of rotatable bonds is 3. The number of halogens is 1. The standard InChI is InChI=1S/C14H20FN3/c1-16-14(18-9-2-3-10-18)17-8-7-12-5-4-6-13(15)11-12/h4-6,11H,2-3,7-10H2,1H3,(H,16,17). The molecule has 1 N–H and O–H groups in total. The number of guanidine groups is 1. The topological polar surface area (TPSA) is 27.6 Å². The smallest absolute Gasteiger partial charge is 0.193 e. The number of nitrogens with one attached hydrogen (secondary N) is 1. The number of aliphatic imine (C=N–C) groups is 1. The van der Waals surface area contributed by atoms with Gasteiger partial charge in [-0.05, 0) is 37.0 Å². The van der Waals surface area contributed by atoms with Crippen molar-refractivity contribution in [3.63, 3.8) is 0 Å². The molecule has 1 aromatic rings. The van der Waals surface area contributed by atoms with Crippen LogP contribution < -0.4 is 5.32 Å². The van der Waals surface area contributed by atoms with Crippen molar-refractivity contribution in [3.05, 3.63) is 35.6 Å². The minimum Gasteiger partial charge on any atom is -0.356 e. The van der Waals surface area contributed by atoms with Gasteiger partial charge in [0.25, 0.3) is 0 Å². The maximum atomic E-state index is 13.0. The van der Waals surface area contributed by atoms with Crippen molar-refractivity contribution >= 4 is 5.96 Å². The molecular formula is C14H20FN3. The molecule has 0 aliphatic carbocycles. The highest BCUT2D eigenvalue weighted by atomic mass is 19.1. The summed E-state index contributed by atoms with van der Waals surface area (Å²) in [4.78, 5) is 6.55. The van der Waals surface area contributed by atoms with Crippen LogP contribution in [0.2, 0.25) is 0 Å². The van der Waals surface area contributed by atoms with E-state index < -0.39 is 0 Å². The van der Waals surface area contributed by atoms with Crippen molar-refractivity contribution < 1.29 is 4.39 Å². The molecule has 1 aromatic carbocycles. The molecule has 0 unspecified atom stereocenters. The SMILES string of the molecule is CN=C(NCCc1cccc(F)c1)N1CCCC1. The zero-order chi connectivity index (χ0) is 12.8. The van der Waals surface area contributed by atoms with Gasteiger partial charge in [0.05, 0.1) is 0 Å². The second-order valence-corrected chi connectivity index (χ2v) is 4.55. The summed E-state index contributed by atoms with van der Waals surface area (Å²) in [6, 6.07) is 6.75. The van der Waals surface area contributed by atoms with Crippen LogP contribution in [0.1, 0.15) is 18.4 Å². The fourth-order valence-electron chi connectivity index (χ4n) is 2.27. The van der Waals surface area contributed by atoms with E-state index in [0.717, 1.165) is 37.6 Å². The number of likely N-dealkylation sites (tertiary alicyclic amines) is 1. The molecule has 0 spiro atoms. The highest BCUT2D eigenvalue weighted by Gasteiger charge is 2.14. The lowest BCUT2D eigenvalue weighted by Crippen LogP contribution is -2.40. The molecule has 4 heteroatoms. The predicted octanol–water partition coefficient (Wildman–Crippen LogP) is 2.04. The molecule has 0 saturated carbocycles. The van der Waals surface area contributed by atoms with Crippen LogP contribution in [0.15, 0.2) is 29.3 Å². The zero-order valence-electron chi connectivity index (χ0n) is 10.8. The number of hydrogen-bond donors (Lipinski definition) is 1. The number of benzene rings is 1. The molecule has 0 aromatic heterocycles. The Hall–Kier alpha value is -1.58. The fourth-order valence-corrected chi connectivity index (χ4v) is 2.27. The van der Waals surface area contributed by atoms with E-state index in [0.29, 0.717) is 0 Å².